The van der Waals surface area contributed by atoms with Crippen molar-refractivity contribution in [1.82, 2.24) is 21.3 Å². The topological polar surface area (TPSA) is 210 Å². The second-order valence-corrected chi connectivity index (χ2v) is 10.7. The number of rotatable bonds is 11. The zero-order valence-corrected chi connectivity index (χ0v) is 27.7. The molecule has 2 aromatic carbocycles. The molecule has 3 rings (SSSR count). The molecule has 1 aliphatic carbocycles. The summed E-state index contributed by atoms with van der Waals surface area (Å²) >= 11 is 0. The standard InChI is InChI=1S/C14H23N3O3.C9H13N3O.C7H9N.C3H9N/c1-9(2)13(17-12(19)8-16-10(3)18)14(20)15-7-6-11-4-5-11;1-11-6-7-2-4-8(5-3-7)9(10)12-13;1-6-2-4-7(8)5-3-6;1-2-3-4/h6,9,13H,4-5,7-8H2,1-3H3,(H,15,20)(H,16,18)(H,17,19);2-5,11,13H,6H2,1H3,(H2,10,12);2-5H,8H2,1H3;2-4H2,1H3. The Balaban J connectivity index is 0.000000658. The van der Waals surface area contributed by atoms with Gasteiger partial charge in [0.25, 0.3) is 0 Å². The molecule has 12 nitrogen and oxygen atoms in total. The summed E-state index contributed by atoms with van der Waals surface area (Å²) in [6.45, 7) is 11.2. The van der Waals surface area contributed by atoms with Gasteiger partial charge in [-0.2, -0.15) is 0 Å². The van der Waals surface area contributed by atoms with E-state index in [9.17, 15) is 14.4 Å². The Morgan fingerprint density at radius 3 is 2.02 bits per heavy atom. The zero-order chi connectivity index (χ0) is 34.2. The lowest BCUT2D eigenvalue weighted by Gasteiger charge is -2.21. The first-order valence-electron chi connectivity index (χ1n) is 15.1. The highest BCUT2D eigenvalue weighted by Crippen LogP contribution is 2.26. The number of carbonyl (C=O) groups is 3. The highest BCUT2D eigenvalue weighted by molar-refractivity contribution is 5.97. The summed E-state index contributed by atoms with van der Waals surface area (Å²) in [5.41, 5.74) is 21.2. The first kappa shape index (κ1) is 40.6. The van der Waals surface area contributed by atoms with Gasteiger partial charge in [-0.15, -0.1) is 0 Å². The van der Waals surface area contributed by atoms with E-state index in [2.05, 4.69) is 33.3 Å². The molecule has 0 heterocycles. The molecule has 1 atom stereocenters. The van der Waals surface area contributed by atoms with Gasteiger partial charge in [-0.3, -0.25) is 14.4 Å². The Kier molecular flexibility index (Phi) is 21.6. The molecule has 0 radical (unpaired) electrons. The Bertz CT molecular complexity index is 1170. The number of allylic oxidation sites excluding steroid dienone is 1. The quantitative estimate of drug-likeness (QED) is 0.0463. The minimum Gasteiger partial charge on any atom is -0.409 e. The van der Waals surface area contributed by atoms with Gasteiger partial charge in [0, 0.05) is 31.3 Å². The highest BCUT2D eigenvalue weighted by atomic mass is 16.4. The van der Waals surface area contributed by atoms with Gasteiger partial charge in [-0.05, 0) is 63.4 Å². The third-order valence-electron chi connectivity index (χ3n) is 6.07. The van der Waals surface area contributed by atoms with Crippen molar-refractivity contribution in [3.05, 3.63) is 76.9 Å². The lowest BCUT2D eigenvalue weighted by Crippen LogP contribution is -2.51. The monoisotopic (exact) mass is 626 g/mol. The van der Waals surface area contributed by atoms with Gasteiger partial charge in [0.1, 0.15) is 6.04 Å². The van der Waals surface area contributed by atoms with Crippen molar-refractivity contribution in [3.8, 4) is 0 Å². The summed E-state index contributed by atoms with van der Waals surface area (Å²) in [7, 11) is 1.89. The van der Waals surface area contributed by atoms with Crippen molar-refractivity contribution in [3.63, 3.8) is 0 Å². The van der Waals surface area contributed by atoms with Crippen LogP contribution in [0.2, 0.25) is 0 Å². The van der Waals surface area contributed by atoms with Crippen LogP contribution in [0.1, 0.15) is 63.6 Å². The Morgan fingerprint density at radius 1 is 1.02 bits per heavy atom. The van der Waals surface area contributed by atoms with E-state index in [1.807, 2.05) is 82.4 Å². The predicted molar refractivity (Wildman–Crippen MR) is 182 cm³/mol. The lowest BCUT2D eigenvalue weighted by molar-refractivity contribution is -0.130. The SMILES string of the molecule is CC(=O)NCC(=O)NC(C(=O)NCC=C1CC1)C(C)C.CCCN.CNCc1ccc(/C(N)=N/O)cc1.Cc1ccc(N)cc1. The lowest BCUT2D eigenvalue weighted by atomic mass is 10.0. The van der Waals surface area contributed by atoms with Crippen molar-refractivity contribution in [2.75, 3.05) is 32.4 Å². The van der Waals surface area contributed by atoms with E-state index in [-0.39, 0.29) is 36.0 Å². The van der Waals surface area contributed by atoms with Gasteiger partial charge >= 0.3 is 0 Å². The maximum absolute atomic E-state index is 12.0. The molecule has 45 heavy (non-hydrogen) atoms. The minimum absolute atomic E-state index is 0.0233. The second-order valence-electron chi connectivity index (χ2n) is 10.7. The van der Waals surface area contributed by atoms with Crippen LogP contribution in [0.3, 0.4) is 0 Å². The van der Waals surface area contributed by atoms with Crippen molar-refractivity contribution in [1.29, 1.82) is 0 Å². The van der Waals surface area contributed by atoms with Crippen LogP contribution >= 0.6 is 0 Å². The van der Waals surface area contributed by atoms with Gasteiger partial charge in [0.15, 0.2) is 5.84 Å². The summed E-state index contributed by atoms with van der Waals surface area (Å²) in [5.74, 6) is -0.731. The van der Waals surface area contributed by atoms with Crippen LogP contribution in [-0.2, 0) is 20.9 Å². The molecule has 12 heteroatoms. The molecule has 1 aliphatic rings. The third kappa shape index (κ3) is 21.0. The minimum atomic E-state index is -0.589. The van der Waals surface area contributed by atoms with Crippen LogP contribution in [0.15, 0.2) is 65.3 Å². The number of nitrogens with zero attached hydrogens (tertiary/aromatic N) is 1. The van der Waals surface area contributed by atoms with Gasteiger partial charge in [0.2, 0.25) is 17.7 Å². The molecule has 0 saturated heterocycles. The molecule has 1 saturated carbocycles. The zero-order valence-electron chi connectivity index (χ0n) is 27.7. The van der Waals surface area contributed by atoms with E-state index >= 15 is 0 Å². The number of carbonyl (C=O) groups excluding carboxylic acids is 3. The third-order valence-corrected chi connectivity index (χ3v) is 6.07. The number of hydrogen-bond acceptors (Lipinski definition) is 8. The Hall–Kier alpha value is -4.42. The number of nitrogens with one attached hydrogen (secondary N) is 4. The fourth-order valence-corrected chi connectivity index (χ4v) is 3.27. The second kappa shape index (κ2) is 24.0. The smallest absolute Gasteiger partial charge is 0.243 e. The number of amidine groups is 1. The van der Waals surface area contributed by atoms with Crippen LogP contribution in [0.5, 0.6) is 0 Å². The number of nitrogens with two attached hydrogens (primary N) is 3. The summed E-state index contributed by atoms with van der Waals surface area (Å²) in [6.07, 6.45) is 5.35. The number of oxime groups is 1. The number of benzene rings is 2. The van der Waals surface area contributed by atoms with Crippen LogP contribution in [-0.4, -0.2) is 61.5 Å². The maximum Gasteiger partial charge on any atom is 0.243 e. The van der Waals surface area contributed by atoms with Crippen LogP contribution in [0.4, 0.5) is 5.69 Å². The fourth-order valence-electron chi connectivity index (χ4n) is 3.27. The van der Waals surface area contributed by atoms with Crippen molar-refractivity contribution in [2.45, 2.75) is 66.5 Å². The van der Waals surface area contributed by atoms with E-state index in [1.54, 1.807) is 0 Å². The molecular weight excluding hydrogens is 572 g/mol. The highest BCUT2D eigenvalue weighted by Gasteiger charge is 2.23. The summed E-state index contributed by atoms with van der Waals surface area (Å²) in [6, 6.07) is 14.7. The number of nitrogen functional groups attached to an aromatic ring is 1. The number of hydrogen-bond donors (Lipinski definition) is 8. The summed E-state index contributed by atoms with van der Waals surface area (Å²) in [5, 5.41) is 22.2. The van der Waals surface area contributed by atoms with Crippen LogP contribution in [0.25, 0.3) is 0 Å². The summed E-state index contributed by atoms with van der Waals surface area (Å²) in [4.78, 5) is 34.4. The van der Waals surface area contributed by atoms with Crippen LogP contribution < -0.4 is 38.5 Å². The Morgan fingerprint density at radius 2 is 1.60 bits per heavy atom. The van der Waals surface area contributed by atoms with Crippen LogP contribution in [0, 0.1) is 12.8 Å². The molecule has 0 aliphatic heterocycles. The van der Waals surface area contributed by atoms with E-state index in [1.165, 1.54) is 18.1 Å². The molecule has 11 N–H and O–H groups in total. The first-order valence-corrected chi connectivity index (χ1v) is 15.1. The van der Waals surface area contributed by atoms with E-state index in [4.69, 9.17) is 22.4 Å². The van der Waals surface area contributed by atoms with Gasteiger partial charge in [-0.1, -0.05) is 79.5 Å². The van der Waals surface area contributed by atoms with E-state index in [0.29, 0.717) is 6.54 Å². The average molecular weight is 627 g/mol. The molecular formula is C33H54N8O4. The van der Waals surface area contributed by atoms with Gasteiger partial charge in [-0.25, -0.2) is 0 Å². The van der Waals surface area contributed by atoms with E-state index < -0.39 is 6.04 Å². The molecule has 1 unspecified atom stereocenters. The average Bonchev–Trinajstić information content (AvgIpc) is 3.85. The molecule has 0 aromatic heterocycles. The first-order chi connectivity index (χ1) is 21.4. The molecule has 3 amide bonds. The number of aryl methyl sites for hydroxylation is 1. The van der Waals surface area contributed by atoms with E-state index in [0.717, 1.165) is 49.2 Å². The molecule has 1 fully saturated rings. The number of anilines is 1. The fraction of sp³-hybridized carbons (Fsp3) is 0.455. The van der Waals surface area contributed by atoms with Crippen molar-refractivity contribution >= 4 is 29.2 Å². The molecule has 2 aromatic rings. The van der Waals surface area contributed by atoms with Gasteiger partial charge in [0.05, 0.1) is 6.54 Å². The van der Waals surface area contributed by atoms with Gasteiger partial charge < -0.3 is 43.7 Å². The van der Waals surface area contributed by atoms with Crippen molar-refractivity contribution < 1.29 is 19.6 Å². The predicted octanol–water partition coefficient (Wildman–Crippen LogP) is 2.53. The molecule has 250 valence electrons. The van der Waals surface area contributed by atoms with Crippen molar-refractivity contribution in [2.24, 2.45) is 22.5 Å². The largest absolute Gasteiger partial charge is 0.409 e. The normalized spacial score (nSPS) is 12.1. The molecule has 0 spiro atoms. The summed E-state index contributed by atoms with van der Waals surface area (Å²) < 4.78 is 0. The maximum atomic E-state index is 12.0. The Labute approximate surface area is 268 Å². The number of amides is 3. The molecule has 0 bridgehead atoms.